The first-order valence-electron chi connectivity index (χ1n) is 5.71. The predicted molar refractivity (Wildman–Crippen MR) is 57.6 cm³/mol. The van der Waals surface area contributed by atoms with Crippen LogP contribution in [-0.4, -0.2) is 40.7 Å². The predicted octanol–water partition coefficient (Wildman–Crippen LogP) is -0.770. The Kier molecular flexibility index (Phi) is 2.33. The summed E-state index contributed by atoms with van der Waals surface area (Å²) in [5, 5.41) is 7.54. The second kappa shape index (κ2) is 3.71. The van der Waals surface area contributed by atoms with Crippen LogP contribution >= 0.6 is 0 Å². The molecule has 2 aliphatic heterocycles. The number of rotatable bonds is 2. The summed E-state index contributed by atoms with van der Waals surface area (Å²) in [7, 11) is 1.71. The highest BCUT2D eigenvalue weighted by atomic mass is 16.5. The van der Waals surface area contributed by atoms with Crippen LogP contribution in [0.5, 0.6) is 0 Å². The molecule has 1 aromatic heterocycles. The molecule has 0 saturated carbocycles. The molecule has 6 nitrogen and oxygen atoms in total. The summed E-state index contributed by atoms with van der Waals surface area (Å²) >= 11 is 0. The van der Waals surface area contributed by atoms with Crippen LogP contribution < -0.4 is 11.0 Å². The molecule has 0 bridgehead atoms. The highest BCUT2D eigenvalue weighted by Crippen LogP contribution is 2.25. The average Bonchev–Trinajstić information content (AvgIpc) is 2.78. The molecule has 0 radical (unpaired) electrons. The molecule has 0 amide bonds. The third-order valence-electron chi connectivity index (χ3n) is 3.40. The maximum Gasteiger partial charge on any atom is 0.346 e. The number of nitrogens with one attached hydrogen (secondary N) is 1. The third-order valence-corrected chi connectivity index (χ3v) is 3.40. The summed E-state index contributed by atoms with van der Waals surface area (Å²) in [5.74, 6) is 1.19. The van der Waals surface area contributed by atoms with E-state index in [0.29, 0.717) is 6.61 Å². The molecule has 1 atom stereocenters. The zero-order valence-corrected chi connectivity index (χ0v) is 9.35. The lowest BCUT2D eigenvalue weighted by Crippen LogP contribution is -2.47. The summed E-state index contributed by atoms with van der Waals surface area (Å²) in [4.78, 5) is 12.0. The molecule has 2 aliphatic rings. The largest absolute Gasteiger partial charge is 0.381 e. The van der Waals surface area contributed by atoms with Gasteiger partial charge in [-0.15, -0.1) is 0 Å². The summed E-state index contributed by atoms with van der Waals surface area (Å²) in [6.07, 6.45) is 0.969. The number of aryl methyl sites for hydroxylation is 1. The van der Waals surface area contributed by atoms with Gasteiger partial charge in [0.25, 0.3) is 0 Å². The number of ether oxygens (including phenoxy) is 1. The van der Waals surface area contributed by atoms with Crippen molar-refractivity contribution in [1.29, 1.82) is 0 Å². The summed E-state index contributed by atoms with van der Waals surface area (Å²) < 4.78 is 8.65. The van der Waals surface area contributed by atoms with E-state index in [1.54, 1.807) is 7.05 Å². The second-order valence-corrected chi connectivity index (χ2v) is 4.51. The van der Waals surface area contributed by atoms with Crippen molar-refractivity contribution in [2.75, 3.05) is 26.3 Å². The van der Waals surface area contributed by atoms with E-state index in [4.69, 9.17) is 4.74 Å². The SMILES string of the molecule is Cn1nc(C2CCOC2)n(C2CNC2)c1=O. The minimum atomic E-state index is -0.00611. The molecule has 2 fully saturated rings. The molecule has 0 spiro atoms. The fraction of sp³-hybridized carbons (Fsp3) is 0.800. The molecule has 3 rings (SSSR count). The highest BCUT2D eigenvalue weighted by Gasteiger charge is 2.30. The Balaban J connectivity index is 2.01. The minimum absolute atomic E-state index is 0.00611. The lowest BCUT2D eigenvalue weighted by Gasteiger charge is -2.29. The van der Waals surface area contributed by atoms with Crippen molar-refractivity contribution in [2.24, 2.45) is 7.05 Å². The lowest BCUT2D eigenvalue weighted by molar-refractivity contribution is 0.191. The van der Waals surface area contributed by atoms with Gasteiger partial charge in [0.1, 0.15) is 5.82 Å². The molecule has 1 aromatic rings. The molecule has 1 N–H and O–H groups in total. The molecule has 88 valence electrons. The van der Waals surface area contributed by atoms with Crippen LogP contribution in [0.1, 0.15) is 24.2 Å². The topological polar surface area (TPSA) is 61.1 Å². The van der Waals surface area contributed by atoms with E-state index in [2.05, 4.69) is 10.4 Å². The zero-order chi connectivity index (χ0) is 11.1. The van der Waals surface area contributed by atoms with Gasteiger partial charge in [0.2, 0.25) is 0 Å². The van der Waals surface area contributed by atoms with Gasteiger partial charge in [0.15, 0.2) is 0 Å². The van der Waals surface area contributed by atoms with Crippen molar-refractivity contribution in [2.45, 2.75) is 18.4 Å². The Morgan fingerprint density at radius 3 is 2.88 bits per heavy atom. The van der Waals surface area contributed by atoms with Gasteiger partial charge in [-0.25, -0.2) is 9.48 Å². The van der Waals surface area contributed by atoms with E-state index in [9.17, 15) is 4.79 Å². The van der Waals surface area contributed by atoms with Gasteiger partial charge in [0.05, 0.1) is 12.6 Å². The maximum absolute atomic E-state index is 12.0. The van der Waals surface area contributed by atoms with E-state index in [1.807, 2.05) is 4.57 Å². The van der Waals surface area contributed by atoms with Gasteiger partial charge >= 0.3 is 5.69 Å². The van der Waals surface area contributed by atoms with Crippen molar-refractivity contribution in [3.8, 4) is 0 Å². The van der Waals surface area contributed by atoms with Crippen LogP contribution in [0.2, 0.25) is 0 Å². The molecule has 1 unspecified atom stereocenters. The number of hydrogen-bond acceptors (Lipinski definition) is 4. The normalized spacial score (nSPS) is 25.9. The second-order valence-electron chi connectivity index (χ2n) is 4.51. The van der Waals surface area contributed by atoms with Gasteiger partial charge in [-0.1, -0.05) is 0 Å². The first kappa shape index (κ1) is 10.0. The first-order chi connectivity index (χ1) is 7.77. The van der Waals surface area contributed by atoms with Gasteiger partial charge in [0, 0.05) is 32.7 Å². The standard InChI is InChI=1S/C10H16N4O2/c1-13-10(15)14(8-4-11-5-8)9(12-13)7-2-3-16-6-7/h7-8,11H,2-6H2,1H3. The van der Waals surface area contributed by atoms with Crippen LogP contribution in [0.4, 0.5) is 0 Å². The van der Waals surface area contributed by atoms with E-state index in [1.165, 1.54) is 4.68 Å². The van der Waals surface area contributed by atoms with Gasteiger partial charge < -0.3 is 10.1 Å². The molecular formula is C10H16N4O2. The average molecular weight is 224 g/mol. The number of aromatic nitrogens is 3. The van der Waals surface area contributed by atoms with Crippen molar-refractivity contribution >= 4 is 0 Å². The van der Waals surface area contributed by atoms with E-state index >= 15 is 0 Å². The fourth-order valence-corrected chi connectivity index (χ4v) is 2.31. The third kappa shape index (κ3) is 1.41. The number of nitrogens with zero attached hydrogens (tertiary/aromatic N) is 3. The Labute approximate surface area is 93.2 Å². The highest BCUT2D eigenvalue weighted by molar-refractivity contribution is 5.03. The Hall–Kier alpha value is -1.14. The van der Waals surface area contributed by atoms with Gasteiger partial charge in [-0.2, -0.15) is 5.10 Å². The minimum Gasteiger partial charge on any atom is -0.381 e. The maximum atomic E-state index is 12.0. The van der Waals surface area contributed by atoms with Crippen LogP contribution in [0.3, 0.4) is 0 Å². The Morgan fingerprint density at radius 2 is 2.31 bits per heavy atom. The number of hydrogen-bond donors (Lipinski definition) is 1. The smallest absolute Gasteiger partial charge is 0.346 e. The van der Waals surface area contributed by atoms with Crippen molar-refractivity contribution < 1.29 is 4.74 Å². The van der Waals surface area contributed by atoms with Crippen molar-refractivity contribution in [3.63, 3.8) is 0 Å². The lowest BCUT2D eigenvalue weighted by atomic mass is 10.1. The van der Waals surface area contributed by atoms with Gasteiger partial charge in [-0.05, 0) is 6.42 Å². The Morgan fingerprint density at radius 1 is 1.50 bits per heavy atom. The molecule has 6 heteroatoms. The molecule has 2 saturated heterocycles. The van der Waals surface area contributed by atoms with Crippen LogP contribution in [-0.2, 0) is 11.8 Å². The molecule has 16 heavy (non-hydrogen) atoms. The van der Waals surface area contributed by atoms with E-state index in [0.717, 1.165) is 31.9 Å². The summed E-state index contributed by atoms with van der Waals surface area (Å²) in [5.41, 5.74) is -0.00611. The van der Waals surface area contributed by atoms with Crippen LogP contribution in [0.25, 0.3) is 0 Å². The molecule has 3 heterocycles. The molecule has 0 aromatic carbocycles. The molecule has 0 aliphatic carbocycles. The fourth-order valence-electron chi connectivity index (χ4n) is 2.31. The summed E-state index contributed by atoms with van der Waals surface area (Å²) in [6.45, 7) is 3.20. The molecular weight excluding hydrogens is 208 g/mol. The quantitative estimate of drug-likeness (QED) is 0.716. The van der Waals surface area contributed by atoms with Crippen LogP contribution in [0.15, 0.2) is 4.79 Å². The van der Waals surface area contributed by atoms with Crippen molar-refractivity contribution in [1.82, 2.24) is 19.7 Å². The summed E-state index contributed by atoms with van der Waals surface area (Å²) in [6, 6.07) is 0.275. The van der Waals surface area contributed by atoms with E-state index < -0.39 is 0 Å². The Bertz CT molecular complexity index is 440. The van der Waals surface area contributed by atoms with Crippen molar-refractivity contribution in [3.05, 3.63) is 16.3 Å². The van der Waals surface area contributed by atoms with Crippen LogP contribution in [0, 0.1) is 0 Å². The zero-order valence-electron chi connectivity index (χ0n) is 9.35. The first-order valence-corrected chi connectivity index (χ1v) is 5.71. The van der Waals surface area contributed by atoms with Gasteiger partial charge in [-0.3, -0.25) is 4.57 Å². The van der Waals surface area contributed by atoms with E-state index in [-0.39, 0.29) is 17.6 Å². The monoisotopic (exact) mass is 224 g/mol.